The lowest BCUT2D eigenvalue weighted by Gasteiger charge is -2.09. The Kier molecular flexibility index (Phi) is 3.77. The zero-order valence-electron chi connectivity index (χ0n) is 10.9. The maximum atomic E-state index is 14.0. The average Bonchev–Trinajstić information content (AvgIpc) is 2.37. The zero-order valence-corrected chi connectivity index (χ0v) is 11.7. The summed E-state index contributed by atoms with van der Waals surface area (Å²) in [6.45, 7) is 3.02. The Balaban J connectivity index is 2.60. The molecule has 5 heteroatoms. The molecule has 0 bridgehead atoms. The van der Waals surface area contributed by atoms with Crippen LogP contribution in [0.5, 0.6) is 0 Å². The van der Waals surface area contributed by atoms with Gasteiger partial charge in [-0.25, -0.2) is 8.78 Å². The van der Waals surface area contributed by atoms with E-state index in [9.17, 15) is 13.6 Å². The summed E-state index contributed by atoms with van der Waals surface area (Å²) in [7, 11) is 0. The molecule has 2 nitrogen and oxygen atoms in total. The molecule has 0 amide bonds. The number of nitrogens with two attached hydrogens (primary N) is 1. The molecule has 0 saturated carbocycles. The van der Waals surface area contributed by atoms with Crippen LogP contribution in [-0.4, -0.2) is 5.78 Å². The van der Waals surface area contributed by atoms with Gasteiger partial charge in [0.2, 0.25) is 0 Å². The Morgan fingerprint density at radius 2 is 1.70 bits per heavy atom. The van der Waals surface area contributed by atoms with Crippen LogP contribution in [-0.2, 0) is 0 Å². The summed E-state index contributed by atoms with van der Waals surface area (Å²) >= 11 is 5.86. The van der Waals surface area contributed by atoms with E-state index in [1.807, 2.05) is 0 Å². The van der Waals surface area contributed by atoms with Crippen molar-refractivity contribution < 1.29 is 13.6 Å². The first kappa shape index (κ1) is 14.5. The van der Waals surface area contributed by atoms with Crippen LogP contribution >= 0.6 is 11.6 Å². The highest BCUT2D eigenvalue weighted by Gasteiger charge is 2.20. The molecule has 0 aliphatic rings. The molecule has 104 valence electrons. The smallest absolute Gasteiger partial charge is 0.197 e. The van der Waals surface area contributed by atoms with Gasteiger partial charge in [0.1, 0.15) is 11.6 Å². The van der Waals surface area contributed by atoms with Crippen LogP contribution in [0.3, 0.4) is 0 Å². The molecule has 0 saturated heterocycles. The van der Waals surface area contributed by atoms with Crippen LogP contribution in [0.15, 0.2) is 24.3 Å². The average molecular weight is 296 g/mol. The highest BCUT2D eigenvalue weighted by Crippen LogP contribution is 2.26. The van der Waals surface area contributed by atoms with E-state index in [1.165, 1.54) is 32.0 Å². The molecule has 2 aromatic carbocycles. The Morgan fingerprint density at radius 1 is 1.05 bits per heavy atom. The van der Waals surface area contributed by atoms with Crippen LogP contribution in [0, 0.1) is 25.5 Å². The number of rotatable bonds is 2. The molecule has 0 heterocycles. The second kappa shape index (κ2) is 5.21. The van der Waals surface area contributed by atoms with Crippen molar-refractivity contribution in [1.82, 2.24) is 0 Å². The lowest BCUT2D eigenvalue weighted by molar-refractivity contribution is 0.103. The van der Waals surface area contributed by atoms with Gasteiger partial charge in [0.25, 0.3) is 0 Å². The van der Waals surface area contributed by atoms with Gasteiger partial charge in [-0.05, 0) is 49.2 Å². The van der Waals surface area contributed by atoms with Crippen LogP contribution in [0.25, 0.3) is 0 Å². The van der Waals surface area contributed by atoms with Gasteiger partial charge in [-0.2, -0.15) is 0 Å². The second-order valence-corrected chi connectivity index (χ2v) is 5.02. The molecule has 2 aromatic rings. The second-order valence-electron chi connectivity index (χ2n) is 4.61. The van der Waals surface area contributed by atoms with E-state index in [4.69, 9.17) is 17.3 Å². The van der Waals surface area contributed by atoms with Crippen LogP contribution in [0.4, 0.5) is 14.5 Å². The molecule has 0 unspecified atom stereocenters. The summed E-state index contributed by atoms with van der Waals surface area (Å²) in [5.41, 5.74) is 6.31. The summed E-state index contributed by atoms with van der Waals surface area (Å²) in [5, 5.41) is -0.0578. The molecule has 2 N–H and O–H groups in total. The predicted octanol–water partition coefficient (Wildman–Crippen LogP) is 4.05. The van der Waals surface area contributed by atoms with E-state index in [1.54, 1.807) is 0 Å². The number of carbonyl (C=O) groups is 1. The summed E-state index contributed by atoms with van der Waals surface area (Å²) in [6, 6.07) is 5.03. The Morgan fingerprint density at radius 3 is 2.35 bits per heavy atom. The number of aryl methyl sites for hydroxylation is 2. The number of benzene rings is 2. The zero-order chi connectivity index (χ0) is 15.0. The van der Waals surface area contributed by atoms with Crippen molar-refractivity contribution in [2.24, 2.45) is 0 Å². The normalized spacial score (nSPS) is 10.7. The van der Waals surface area contributed by atoms with Gasteiger partial charge in [0.15, 0.2) is 5.78 Å². The molecule has 0 aromatic heterocycles. The first-order valence-corrected chi connectivity index (χ1v) is 6.25. The number of hydrogen-bond acceptors (Lipinski definition) is 2. The molecule has 0 aliphatic carbocycles. The van der Waals surface area contributed by atoms with Gasteiger partial charge >= 0.3 is 0 Å². The minimum Gasteiger partial charge on any atom is -0.399 e. The van der Waals surface area contributed by atoms with Crippen molar-refractivity contribution in [2.75, 3.05) is 5.73 Å². The summed E-state index contributed by atoms with van der Waals surface area (Å²) in [6.07, 6.45) is 0. The highest BCUT2D eigenvalue weighted by molar-refractivity contribution is 6.35. The molecule has 0 fully saturated rings. The Bertz CT molecular complexity index is 714. The number of halogens is 3. The first-order valence-electron chi connectivity index (χ1n) is 5.87. The van der Waals surface area contributed by atoms with E-state index in [2.05, 4.69) is 0 Å². The third-order valence-corrected chi connectivity index (χ3v) is 3.33. The monoisotopic (exact) mass is 295 g/mol. The largest absolute Gasteiger partial charge is 0.399 e. The minimum absolute atomic E-state index is 0.0504. The van der Waals surface area contributed by atoms with E-state index in [0.717, 1.165) is 6.07 Å². The van der Waals surface area contributed by atoms with Gasteiger partial charge in [0, 0.05) is 11.3 Å². The molecule has 0 radical (unpaired) electrons. The fourth-order valence-electron chi connectivity index (χ4n) is 1.94. The van der Waals surface area contributed by atoms with E-state index in [-0.39, 0.29) is 33.0 Å². The number of hydrogen-bond donors (Lipinski definition) is 1. The van der Waals surface area contributed by atoms with E-state index < -0.39 is 17.4 Å². The SMILES string of the molecule is Cc1cc(C(=O)c2cc(N)cc(C)c2F)c(Cl)cc1F. The molecular weight excluding hydrogens is 284 g/mol. The van der Waals surface area contributed by atoms with Crippen LogP contribution < -0.4 is 5.73 Å². The van der Waals surface area contributed by atoms with Crippen molar-refractivity contribution in [2.45, 2.75) is 13.8 Å². The van der Waals surface area contributed by atoms with Crippen molar-refractivity contribution in [1.29, 1.82) is 0 Å². The lowest BCUT2D eigenvalue weighted by atomic mass is 9.98. The topological polar surface area (TPSA) is 43.1 Å². The molecule has 20 heavy (non-hydrogen) atoms. The maximum absolute atomic E-state index is 14.0. The molecule has 0 spiro atoms. The minimum atomic E-state index is -0.651. The van der Waals surface area contributed by atoms with Gasteiger partial charge in [-0.15, -0.1) is 0 Å². The van der Waals surface area contributed by atoms with Crippen molar-refractivity contribution in [3.8, 4) is 0 Å². The van der Waals surface area contributed by atoms with Gasteiger partial charge in [0.05, 0.1) is 10.6 Å². The van der Waals surface area contributed by atoms with Crippen molar-refractivity contribution in [3.05, 3.63) is 63.2 Å². The fraction of sp³-hybridized carbons (Fsp3) is 0.133. The van der Waals surface area contributed by atoms with Gasteiger partial charge in [-0.1, -0.05) is 11.6 Å². The first-order chi connectivity index (χ1) is 9.31. The number of ketones is 1. The Hall–Kier alpha value is -1.94. The highest BCUT2D eigenvalue weighted by atomic mass is 35.5. The van der Waals surface area contributed by atoms with Crippen LogP contribution in [0.1, 0.15) is 27.0 Å². The Labute approximate surface area is 120 Å². The van der Waals surface area contributed by atoms with Crippen molar-refractivity contribution in [3.63, 3.8) is 0 Å². The summed E-state index contributed by atoms with van der Waals surface area (Å²) in [5.74, 6) is -1.79. The number of anilines is 1. The van der Waals surface area contributed by atoms with E-state index >= 15 is 0 Å². The molecule has 0 atom stereocenters. The lowest BCUT2D eigenvalue weighted by Crippen LogP contribution is -2.08. The van der Waals surface area contributed by atoms with E-state index in [0.29, 0.717) is 0 Å². The third-order valence-electron chi connectivity index (χ3n) is 3.01. The summed E-state index contributed by atoms with van der Waals surface area (Å²) < 4.78 is 27.4. The summed E-state index contributed by atoms with van der Waals surface area (Å²) in [4.78, 5) is 12.4. The quantitative estimate of drug-likeness (QED) is 0.671. The fourth-order valence-corrected chi connectivity index (χ4v) is 2.18. The predicted molar refractivity (Wildman–Crippen MR) is 75.1 cm³/mol. The third kappa shape index (κ3) is 2.51. The number of nitrogen functional groups attached to an aromatic ring is 1. The number of carbonyl (C=O) groups excluding carboxylic acids is 1. The molecule has 2 rings (SSSR count). The molecule has 0 aliphatic heterocycles. The molecular formula is C15H12ClF2NO. The van der Waals surface area contributed by atoms with Crippen LogP contribution in [0.2, 0.25) is 5.02 Å². The van der Waals surface area contributed by atoms with Gasteiger partial charge < -0.3 is 5.73 Å². The maximum Gasteiger partial charge on any atom is 0.197 e. The standard InChI is InChI=1S/C15H12ClF2NO/c1-7-4-10(12(16)6-13(7)17)15(20)11-5-9(19)3-8(2)14(11)18/h3-6H,19H2,1-2H3. The van der Waals surface area contributed by atoms with Crippen molar-refractivity contribution >= 4 is 23.1 Å². The van der Waals surface area contributed by atoms with Gasteiger partial charge in [-0.3, -0.25) is 4.79 Å².